The van der Waals surface area contributed by atoms with E-state index in [1.165, 1.54) is 0 Å². The van der Waals surface area contributed by atoms with Gasteiger partial charge in [0.15, 0.2) is 0 Å². The Bertz CT molecular complexity index is 677. The van der Waals surface area contributed by atoms with Gasteiger partial charge in [-0.1, -0.05) is 30.3 Å². The Morgan fingerprint density at radius 1 is 1.21 bits per heavy atom. The number of halogens is 2. The van der Waals surface area contributed by atoms with Gasteiger partial charge in [-0.3, -0.25) is 0 Å². The van der Waals surface area contributed by atoms with Crippen molar-refractivity contribution in [3.63, 3.8) is 0 Å². The second-order valence-electron chi connectivity index (χ2n) is 3.68. The number of benzene rings is 1. The highest BCUT2D eigenvalue weighted by Crippen LogP contribution is 2.20. The van der Waals surface area contributed by atoms with Gasteiger partial charge < -0.3 is 4.74 Å². The molecule has 1 aromatic carbocycles. The monoisotopic (exact) mass is 301 g/mol. The zero-order valence-corrected chi connectivity index (χ0v) is 11.2. The predicted molar refractivity (Wildman–Crippen MR) is 68.0 cm³/mol. The van der Waals surface area contributed by atoms with Gasteiger partial charge in [-0.05, 0) is 5.56 Å². The molecule has 0 amide bonds. The summed E-state index contributed by atoms with van der Waals surface area (Å²) in [7, 11) is 1.12. The summed E-state index contributed by atoms with van der Waals surface area (Å²) in [5, 5.41) is 0. The molecule has 0 aliphatic rings. The molecule has 7 heteroatoms. The fourth-order valence-electron chi connectivity index (χ4n) is 1.40. The molecule has 1 aromatic heterocycles. The van der Waals surface area contributed by atoms with Crippen molar-refractivity contribution in [1.29, 1.82) is 0 Å². The van der Waals surface area contributed by atoms with Crippen LogP contribution in [0.2, 0.25) is 0 Å². The average molecular weight is 302 g/mol. The molecule has 0 aliphatic carbocycles. The standard InChI is InChI=1S/C12H9ClFNO3S/c13-19(16,17)10-6-11(14)15-12(7-10)18-8-9-4-2-1-3-5-9/h1-7H,8H2. The van der Waals surface area contributed by atoms with E-state index in [0.717, 1.165) is 17.7 Å². The minimum absolute atomic E-state index is 0.136. The third-order valence-corrected chi connectivity index (χ3v) is 3.59. The van der Waals surface area contributed by atoms with Crippen molar-refractivity contribution in [3.8, 4) is 5.88 Å². The number of ether oxygens (including phenoxy) is 1. The summed E-state index contributed by atoms with van der Waals surface area (Å²) in [6.45, 7) is 0.152. The summed E-state index contributed by atoms with van der Waals surface area (Å²) in [4.78, 5) is 3.07. The van der Waals surface area contributed by atoms with Crippen LogP contribution in [0.1, 0.15) is 5.56 Å². The molecule has 0 saturated carbocycles. The topological polar surface area (TPSA) is 56.3 Å². The maximum absolute atomic E-state index is 13.2. The van der Waals surface area contributed by atoms with Gasteiger partial charge in [-0.25, -0.2) is 8.42 Å². The van der Waals surface area contributed by atoms with Gasteiger partial charge in [0, 0.05) is 22.8 Å². The number of aromatic nitrogens is 1. The lowest BCUT2D eigenvalue weighted by atomic mass is 10.2. The van der Waals surface area contributed by atoms with Crippen LogP contribution < -0.4 is 4.74 Å². The first-order valence-corrected chi connectivity index (χ1v) is 7.55. The molecular weight excluding hydrogens is 293 g/mol. The van der Waals surface area contributed by atoms with Gasteiger partial charge >= 0.3 is 0 Å². The number of hydrogen-bond donors (Lipinski definition) is 0. The zero-order valence-electron chi connectivity index (χ0n) is 9.58. The lowest BCUT2D eigenvalue weighted by Crippen LogP contribution is -2.01. The molecule has 0 saturated heterocycles. The summed E-state index contributed by atoms with van der Waals surface area (Å²) in [5.74, 6) is -1.10. The van der Waals surface area contributed by atoms with Crippen LogP contribution in [-0.4, -0.2) is 13.4 Å². The highest BCUT2D eigenvalue weighted by molar-refractivity contribution is 8.13. The SMILES string of the molecule is O=S(=O)(Cl)c1cc(F)nc(OCc2ccccc2)c1. The Balaban J connectivity index is 2.19. The van der Waals surface area contributed by atoms with Crippen LogP contribution in [0.4, 0.5) is 4.39 Å². The molecule has 0 unspecified atom stereocenters. The Hall–Kier alpha value is -1.66. The Morgan fingerprint density at radius 3 is 2.53 bits per heavy atom. The second-order valence-corrected chi connectivity index (χ2v) is 6.24. The van der Waals surface area contributed by atoms with E-state index in [1.807, 2.05) is 30.3 Å². The normalized spacial score (nSPS) is 11.3. The molecule has 1 heterocycles. The molecule has 2 rings (SSSR count). The van der Waals surface area contributed by atoms with Crippen LogP contribution in [-0.2, 0) is 15.7 Å². The summed E-state index contributed by atoms with van der Waals surface area (Å²) < 4.78 is 40.7. The van der Waals surface area contributed by atoms with Crippen molar-refractivity contribution in [2.24, 2.45) is 0 Å². The molecule has 100 valence electrons. The Kier molecular flexibility index (Phi) is 4.01. The molecule has 0 N–H and O–H groups in total. The highest BCUT2D eigenvalue weighted by Gasteiger charge is 2.14. The van der Waals surface area contributed by atoms with E-state index >= 15 is 0 Å². The van der Waals surface area contributed by atoms with Crippen molar-refractivity contribution in [2.45, 2.75) is 11.5 Å². The van der Waals surface area contributed by atoms with Crippen molar-refractivity contribution < 1.29 is 17.5 Å². The molecule has 0 aliphatic heterocycles. The first kappa shape index (κ1) is 13.8. The minimum Gasteiger partial charge on any atom is -0.473 e. The largest absolute Gasteiger partial charge is 0.473 e. The molecule has 4 nitrogen and oxygen atoms in total. The molecule has 19 heavy (non-hydrogen) atoms. The van der Waals surface area contributed by atoms with Crippen molar-refractivity contribution in [2.75, 3.05) is 0 Å². The van der Waals surface area contributed by atoms with E-state index in [2.05, 4.69) is 4.98 Å². The summed E-state index contributed by atoms with van der Waals surface area (Å²) in [6.07, 6.45) is 0. The van der Waals surface area contributed by atoms with Gasteiger partial charge in [0.25, 0.3) is 9.05 Å². The summed E-state index contributed by atoms with van der Waals surface area (Å²) >= 11 is 0. The molecule has 0 fully saturated rings. The van der Waals surface area contributed by atoms with Crippen LogP contribution in [0, 0.1) is 5.95 Å². The van der Waals surface area contributed by atoms with Gasteiger partial charge in [-0.2, -0.15) is 9.37 Å². The van der Waals surface area contributed by atoms with Crippen LogP contribution in [0.25, 0.3) is 0 Å². The van der Waals surface area contributed by atoms with E-state index < -0.39 is 15.0 Å². The second kappa shape index (κ2) is 5.54. The van der Waals surface area contributed by atoms with Gasteiger partial charge in [0.05, 0.1) is 4.90 Å². The molecule has 0 spiro atoms. The minimum atomic E-state index is -4.02. The smallest absolute Gasteiger partial charge is 0.261 e. The lowest BCUT2D eigenvalue weighted by molar-refractivity contribution is 0.288. The van der Waals surface area contributed by atoms with Crippen molar-refractivity contribution in [1.82, 2.24) is 4.98 Å². The van der Waals surface area contributed by atoms with Gasteiger partial charge in [-0.15, -0.1) is 0 Å². The van der Waals surface area contributed by atoms with Crippen LogP contribution in [0.3, 0.4) is 0 Å². The Morgan fingerprint density at radius 2 is 1.89 bits per heavy atom. The lowest BCUT2D eigenvalue weighted by Gasteiger charge is -2.06. The molecule has 0 atom stereocenters. The third-order valence-electron chi connectivity index (χ3n) is 2.26. The van der Waals surface area contributed by atoms with E-state index in [0.29, 0.717) is 0 Å². The molecule has 0 bridgehead atoms. The predicted octanol–water partition coefficient (Wildman–Crippen LogP) is 2.73. The molecule has 2 aromatic rings. The Labute approximate surface area is 114 Å². The maximum atomic E-state index is 13.2. The van der Waals surface area contributed by atoms with E-state index in [4.69, 9.17) is 15.4 Å². The number of rotatable bonds is 4. The third kappa shape index (κ3) is 3.90. The molecule has 0 radical (unpaired) electrons. The van der Waals surface area contributed by atoms with Crippen LogP contribution in [0.5, 0.6) is 5.88 Å². The van der Waals surface area contributed by atoms with Gasteiger partial charge in [0.1, 0.15) is 6.61 Å². The number of hydrogen-bond acceptors (Lipinski definition) is 4. The van der Waals surface area contributed by atoms with E-state index in [9.17, 15) is 12.8 Å². The fourth-order valence-corrected chi connectivity index (χ4v) is 2.14. The first-order valence-electron chi connectivity index (χ1n) is 5.24. The quantitative estimate of drug-likeness (QED) is 0.643. The van der Waals surface area contributed by atoms with Crippen molar-refractivity contribution in [3.05, 3.63) is 54.0 Å². The molecular formula is C12H9ClFNO3S. The van der Waals surface area contributed by atoms with Crippen LogP contribution >= 0.6 is 10.7 Å². The van der Waals surface area contributed by atoms with E-state index in [1.54, 1.807) is 0 Å². The highest BCUT2D eigenvalue weighted by atomic mass is 35.7. The van der Waals surface area contributed by atoms with E-state index in [-0.39, 0.29) is 17.4 Å². The summed E-state index contributed by atoms with van der Waals surface area (Å²) in [5.41, 5.74) is 0.851. The van der Waals surface area contributed by atoms with Gasteiger partial charge in [0.2, 0.25) is 11.8 Å². The summed E-state index contributed by atoms with van der Waals surface area (Å²) in [6, 6.07) is 10.9. The van der Waals surface area contributed by atoms with Crippen LogP contribution in [0.15, 0.2) is 47.4 Å². The fraction of sp³-hybridized carbons (Fsp3) is 0.0833. The zero-order chi connectivity index (χ0) is 13.9. The number of nitrogens with zero attached hydrogens (tertiary/aromatic N) is 1. The number of pyridine rings is 1. The average Bonchev–Trinajstić information content (AvgIpc) is 2.36. The maximum Gasteiger partial charge on any atom is 0.261 e. The first-order chi connectivity index (χ1) is 8.95. The van der Waals surface area contributed by atoms with Crippen molar-refractivity contribution >= 4 is 19.7 Å².